The van der Waals surface area contributed by atoms with E-state index in [-0.39, 0.29) is 0 Å². The van der Waals surface area contributed by atoms with Gasteiger partial charge in [-0.3, -0.25) is 0 Å². The van der Waals surface area contributed by atoms with Gasteiger partial charge in [-0.2, -0.15) is 0 Å². The van der Waals surface area contributed by atoms with Crippen molar-refractivity contribution in [2.45, 2.75) is 27.7 Å². The molecule has 0 aliphatic rings. The fourth-order valence-corrected chi connectivity index (χ4v) is 19.4. The minimum atomic E-state index is -2.77. The molecule has 0 unspecified atom stereocenters. The maximum absolute atomic E-state index is 2.77. The zero-order chi connectivity index (χ0) is 37.1. The van der Waals surface area contributed by atoms with Gasteiger partial charge in [0.2, 0.25) is 0 Å². The monoisotopic (exact) mass is 726 g/mol. The summed E-state index contributed by atoms with van der Waals surface area (Å²) in [6, 6.07) is 77.5. The van der Waals surface area contributed by atoms with Gasteiger partial charge in [-0.15, -0.1) is 0 Å². The summed E-state index contributed by atoms with van der Waals surface area (Å²) >= 11 is 0. The van der Waals surface area contributed by atoms with E-state index in [4.69, 9.17) is 0 Å². The summed E-state index contributed by atoms with van der Waals surface area (Å²) in [5.74, 6) is 0. The molecular formula is C52H46Si2. The summed E-state index contributed by atoms with van der Waals surface area (Å²) in [5, 5.41) is 11.2. The van der Waals surface area contributed by atoms with E-state index in [0.717, 1.165) is 0 Å². The minimum Gasteiger partial charge on any atom is -0.0623 e. The summed E-state index contributed by atoms with van der Waals surface area (Å²) in [5.41, 5.74) is 8.08. The second-order valence-electron chi connectivity index (χ2n) is 14.6. The SMILES string of the molecule is Cc1ccc([Si](c2ccccc2)(c2ccccc2)c2ccccc2)c(C)c1-c1c(C)ccc([Si](c2ccccc2)(c2ccccc2)c2ccccc2)c1C. The van der Waals surface area contributed by atoms with E-state index in [1.165, 1.54) is 74.9 Å². The Bertz CT molecular complexity index is 2120. The van der Waals surface area contributed by atoms with Gasteiger partial charge in [0, 0.05) is 0 Å². The lowest BCUT2D eigenvalue weighted by Crippen LogP contribution is -2.75. The van der Waals surface area contributed by atoms with E-state index >= 15 is 0 Å². The first kappa shape index (κ1) is 35.2. The van der Waals surface area contributed by atoms with Crippen molar-refractivity contribution in [1.29, 1.82) is 0 Å². The van der Waals surface area contributed by atoms with Crippen LogP contribution in [0.2, 0.25) is 0 Å². The highest BCUT2D eigenvalue weighted by Crippen LogP contribution is 2.33. The maximum atomic E-state index is 2.46. The third-order valence-electron chi connectivity index (χ3n) is 11.6. The van der Waals surface area contributed by atoms with Crippen molar-refractivity contribution in [3.8, 4) is 11.1 Å². The van der Waals surface area contributed by atoms with Gasteiger partial charge < -0.3 is 0 Å². The second kappa shape index (κ2) is 14.9. The zero-order valence-corrected chi connectivity index (χ0v) is 33.6. The predicted molar refractivity (Wildman–Crippen MR) is 238 cm³/mol. The first-order chi connectivity index (χ1) is 26.5. The smallest absolute Gasteiger partial charge is 0.0623 e. The van der Waals surface area contributed by atoms with Crippen LogP contribution >= 0.6 is 0 Å². The third-order valence-corrected chi connectivity index (χ3v) is 21.5. The fourth-order valence-electron chi connectivity index (χ4n) is 9.34. The van der Waals surface area contributed by atoms with Gasteiger partial charge in [-0.05, 0) is 103 Å². The number of rotatable bonds is 9. The van der Waals surface area contributed by atoms with Crippen LogP contribution in [0.5, 0.6) is 0 Å². The van der Waals surface area contributed by atoms with Crippen LogP contribution in [-0.4, -0.2) is 16.1 Å². The molecule has 0 fully saturated rings. The Balaban J connectivity index is 1.48. The lowest BCUT2D eigenvalue weighted by Gasteiger charge is -2.38. The van der Waals surface area contributed by atoms with Crippen molar-refractivity contribution in [2.75, 3.05) is 0 Å². The molecule has 2 heteroatoms. The molecule has 0 heterocycles. The van der Waals surface area contributed by atoms with Gasteiger partial charge in [-0.25, -0.2) is 0 Å². The summed E-state index contributed by atoms with van der Waals surface area (Å²) < 4.78 is 0. The molecule has 0 saturated heterocycles. The zero-order valence-electron chi connectivity index (χ0n) is 31.6. The molecule has 0 spiro atoms. The molecule has 0 aliphatic carbocycles. The van der Waals surface area contributed by atoms with Gasteiger partial charge in [0.1, 0.15) is 0 Å². The Morgan fingerprint density at radius 2 is 0.444 bits per heavy atom. The van der Waals surface area contributed by atoms with Gasteiger partial charge in [0.25, 0.3) is 0 Å². The molecular weight excluding hydrogens is 681 g/mol. The van der Waals surface area contributed by atoms with Gasteiger partial charge in [-0.1, -0.05) is 206 Å². The number of hydrogen-bond donors (Lipinski definition) is 0. The van der Waals surface area contributed by atoms with Crippen LogP contribution in [-0.2, 0) is 0 Å². The van der Waals surface area contributed by atoms with Crippen LogP contribution < -0.4 is 41.5 Å². The van der Waals surface area contributed by atoms with E-state index < -0.39 is 16.1 Å². The van der Waals surface area contributed by atoms with E-state index in [1.807, 2.05) is 0 Å². The topological polar surface area (TPSA) is 0 Å². The van der Waals surface area contributed by atoms with Crippen molar-refractivity contribution < 1.29 is 0 Å². The number of aryl methyl sites for hydroxylation is 2. The molecule has 0 radical (unpaired) electrons. The quantitative estimate of drug-likeness (QED) is 0.108. The largest absolute Gasteiger partial charge is 0.179 e. The lowest BCUT2D eigenvalue weighted by atomic mass is 9.89. The van der Waals surface area contributed by atoms with E-state index in [2.05, 4.69) is 234 Å². The van der Waals surface area contributed by atoms with Crippen LogP contribution in [0.25, 0.3) is 11.1 Å². The molecule has 8 aromatic rings. The van der Waals surface area contributed by atoms with Crippen molar-refractivity contribution in [2.24, 2.45) is 0 Å². The first-order valence-electron chi connectivity index (χ1n) is 19.0. The Hall–Kier alpha value is -5.81. The molecule has 0 amide bonds. The predicted octanol–water partition coefficient (Wildman–Crippen LogP) is 7.34. The number of hydrogen-bond acceptors (Lipinski definition) is 0. The van der Waals surface area contributed by atoms with Crippen molar-refractivity contribution in [1.82, 2.24) is 0 Å². The Morgan fingerprint density at radius 3 is 0.648 bits per heavy atom. The maximum Gasteiger partial charge on any atom is 0.179 e. The Kier molecular flexibility index (Phi) is 9.73. The molecule has 0 bridgehead atoms. The highest BCUT2D eigenvalue weighted by Gasteiger charge is 2.45. The average Bonchev–Trinajstić information content (AvgIpc) is 3.23. The van der Waals surface area contributed by atoms with Crippen LogP contribution in [0.1, 0.15) is 22.3 Å². The Labute approximate surface area is 323 Å². The molecule has 262 valence electrons. The highest BCUT2D eigenvalue weighted by atomic mass is 28.3. The van der Waals surface area contributed by atoms with Gasteiger partial charge >= 0.3 is 0 Å². The molecule has 8 rings (SSSR count). The summed E-state index contributed by atoms with van der Waals surface area (Å²) in [6.45, 7) is 9.42. The average molecular weight is 727 g/mol. The summed E-state index contributed by atoms with van der Waals surface area (Å²) in [4.78, 5) is 0. The molecule has 54 heavy (non-hydrogen) atoms. The first-order valence-corrected chi connectivity index (χ1v) is 23.0. The van der Waals surface area contributed by atoms with E-state index in [0.29, 0.717) is 0 Å². The van der Waals surface area contributed by atoms with Crippen molar-refractivity contribution in [3.63, 3.8) is 0 Å². The molecule has 0 nitrogen and oxygen atoms in total. The third kappa shape index (κ3) is 5.74. The van der Waals surface area contributed by atoms with E-state index in [1.54, 1.807) is 0 Å². The van der Waals surface area contributed by atoms with Crippen LogP contribution in [0.15, 0.2) is 206 Å². The standard InChI is InChI=1S/C52H46Si2/c1-39-35-37-49(53(43-23-11-5-12-24-43,44-25-13-6-14-26-44)45-27-15-7-16-28-45)41(3)51(39)52-40(2)36-38-50(42(52)4)54(46-29-17-8-18-30-46,47-31-19-9-20-32-47)48-33-21-10-22-34-48/h5-38H,1-4H3. The second-order valence-corrected chi connectivity index (χ2v) is 22.1. The molecule has 0 aliphatic heterocycles. The van der Waals surface area contributed by atoms with Crippen molar-refractivity contribution >= 4 is 57.6 Å². The van der Waals surface area contributed by atoms with E-state index in [9.17, 15) is 0 Å². The Morgan fingerprint density at radius 1 is 0.241 bits per heavy atom. The normalized spacial score (nSPS) is 11.7. The summed E-state index contributed by atoms with van der Waals surface area (Å²) in [7, 11) is -5.53. The van der Waals surface area contributed by atoms with Gasteiger partial charge in [0.15, 0.2) is 16.1 Å². The van der Waals surface area contributed by atoms with Crippen LogP contribution in [0.4, 0.5) is 0 Å². The lowest BCUT2D eigenvalue weighted by molar-refractivity contribution is 1.33. The molecule has 0 saturated carbocycles. The van der Waals surface area contributed by atoms with Crippen LogP contribution in [0.3, 0.4) is 0 Å². The highest BCUT2D eigenvalue weighted by molar-refractivity contribution is 7.20. The van der Waals surface area contributed by atoms with Crippen LogP contribution in [0, 0.1) is 27.7 Å². The van der Waals surface area contributed by atoms with Crippen molar-refractivity contribution in [3.05, 3.63) is 229 Å². The molecule has 0 aromatic heterocycles. The van der Waals surface area contributed by atoms with Gasteiger partial charge in [0.05, 0.1) is 0 Å². The molecule has 8 aromatic carbocycles. The fraction of sp³-hybridized carbons (Fsp3) is 0.0769. The summed E-state index contributed by atoms with van der Waals surface area (Å²) in [6.07, 6.45) is 0. The number of benzene rings is 8. The minimum absolute atomic E-state index is 1.31. The molecule has 0 N–H and O–H groups in total. The molecule has 0 atom stereocenters.